The predicted octanol–water partition coefficient (Wildman–Crippen LogP) is 4.14. The number of amides is 1. The summed E-state index contributed by atoms with van der Waals surface area (Å²) < 4.78 is 6.29. The first kappa shape index (κ1) is 19.4. The van der Waals surface area contributed by atoms with Crippen molar-refractivity contribution >= 4 is 34.0 Å². The van der Waals surface area contributed by atoms with Crippen molar-refractivity contribution in [1.29, 1.82) is 0 Å². The highest BCUT2D eigenvalue weighted by Gasteiger charge is 2.12. The summed E-state index contributed by atoms with van der Waals surface area (Å²) in [6.45, 7) is 1.90. The van der Waals surface area contributed by atoms with Crippen LogP contribution in [0.5, 0.6) is 5.75 Å². The molecular weight excluding hydrogens is 422 g/mol. The van der Waals surface area contributed by atoms with E-state index in [1.54, 1.807) is 48.5 Å². The Kier molecular flexibility index (Phi) is 6.29. The first-order valence-corrected chi connectivity index (χ1v) is 9.14. The van der Waals surface area contributed by atoms with Crippen LogP contribution in [0.25, 0.3) is 0 Å². The number of hydrazone groups is 1. The van der Waals surface area contributed by atoms with Gasteiger partial charge in [-0.15, -0.1) is 0 Å². The van der Waals surface area contributed by atoms with Gasteiger partial charge in [0.15, 0.2) is 0 Å². The molecule has 1 N–H and O–H groups in total. The number of benzene rings is 2. The molecular formula is C21H16BrN3O3. The van der Waals surface area contributed by atoms with Crippen molar-refractivity contribution in [1.82, 2.24) is 10.4 Å². The second-order valence-corrected chi connectivity index (χ2v) is 6.79. The number of rotatable bonds is 5. The van der Waals surface area contributed by atoms with Crippen molar-refractivity contribution in [2.45, 2.75) is 6.92 Å². The Hall–Kier alpha value is -3.32. The zero-order valence-corrected chi connectivity index (χ0v) is 16.5. The van der Waals surface area contributed by atoms with Crippen molar-refractivity contribution in [2.75, 3.05) is 0 Å². The molecule has 1 heterocycles. The fraction of sp³-hybridized carbons (Fsp3) is 0.0476. The predicted molar refractivity (Wildman–Crippen MR) is 110 cm³/mol. The van der Waals surface area contributed by atoms with E-state index in [0.29, 0.717) is 22.4 Å². The molecule has 28 heavy (non-hydrogen) atoms. The van der Waals surface area contributed by atoms with Crippen LogP contribution in [0.15, 0.2) is 76.6 Å². The van der Waals surface area contributed by atoms with Gasteiger partial charge in [0.2, 0.25) is 0 Å². The van der Waals surface area contributed by atoms with E-state index in [2.05, 4.69) is 31.4 Å². The summed E-state index contributed by atoms with van der Waals surface area (Å²) in [6, 6.07) is 15.5. The van der Waals surface area contributed by atoms with E-state index in [-0.39, 0.29) is 5.91 Å². The fourth-order valence-electron chi connectivity index (χ4n) is 2.37. The molecule has 3 rings (SSSR count). The number of aromatic nitrogens is 1. The number of esters is 1. The summed E-state index contributed by atoms with van der Waals surface area (Å²) in [5, 5.41) is 3.96. The monoisotopic (exact) mass is 437 g/mol. The lowest BCUT2D eigenvalue weighted by Crippen LogP contribution is -2.17. The lowest BCUT2D eigenvalue weighted by Gasteiger charge is -2.08. The third-order valence-corrected chi connectivity index (χ3v) is 4.23. The van der Waals surface area contributed by atoms with Crippen LogP contribution in [0.3, 0.4) is 0 Å². The molecule has 0 radical (unpaired) electrons. The van der Waals surface area contributed by atoms with E-state index in [9.17, 15) is 9.59 Å². The molecule has 0 spiro atoms. The van der Waals surface area contributed by atoms with Gasteiger partial charge in [-0.1, -0.05) is 33.6 Å². The van der Waals surface area contributed by atoms with E-state index in [1.165, 1.54) is 18.6 Å². The fourth-order valence-corrected chi connectivity index (χ4v) is 2.75. The maximum absolute atomic E-state index is 12.4. The molecule has 0 fully saturated rings. The number of aryl methyl sites for hydroxylation is 1. The van der Waals surface area contributed by atoms with E-state index in [1.807, 2.05) is 13.0 Å². The Morgan fingerprint density at radius 2 is 1.86 bits per heavy atom. The van der Waals surface area contributed by atoms with Gasteiger partial charge in [-0.05, 0) is 49.4 Å². The molecule has 0 saturated carbocycles. The summed E-state index contributed by atoms with van der Waals surface area (Å²) in [4.78, 5) is 28.3. The molecule has 2 aromatic carbocycles. The van der Waals surface area contributed by atoms with Gasteiger partial charge < -0.3 is 4.74 Å². The third kappa shape index (κ3) is 5.11. The van der Waals surface area contributed by atoms with Gasteiger partial charge in [-0.25, -0.2) is 10.2 Å². The SMILES string of the molecule is Cc1cccc(C(=O)Oc2ccc(Br)cc2/C=N/NC(=O)c2ccncc2)c1. The van der Waals surface area contributed by atoms with Gasteiger partial charge in [-0.3, -0.25) is 9.78 Å². The summed E-state index contributed by atoms with van der Waals surface area (Å²) in [7, 11) is 0. The average molecular weight is 438 g/mol. The van der Waals surface area contributed by atoms with E-state index < -0.39 is 5.97 Å². The quantitative estimate of drug-likeness (QED) is 0.281. The van der Waals surface area contributed by atoms with Crippen LogP contribution >= 0.6 is 15.9 Å². The number of halogens is 1. The van der Waals surface area contributed by atoms with Gasteiger partial charge in [-0.2, -0.15) is 5.10 Å². The molecule has 0 unspecified atom stereocenters. The highest BCUT2D eigenvalue weighted by atomic mass is 79.9. The van der Waals surface area contributed by atoms with Crippen molar-refractivity contribution in [2.24, 2.45) is 5.10 Å². The minimum absolute atomic E-state index is 0.330. The van der Waals surface area contributed by atoms with E-state index >= 15 is 0 Å². The lowest BCUT2D eigenvalue weighted by atomic mass is 10.1. The van der Waals surface area contributed by atoms with Crippen molar-refractivity contribution in [3.05, 3.63) is 93.7 Å². The Morgan fingerprint density at radius 1 is 1.07 bits per heavy atom. The molecule has 3 aromatic rings. The number of hydrogen-bond acceptors (Lipinski definition) is 5. The van der Waals surface area contributed by atoms with Crippen LogP contribution in [-0.4, -0.2) is 23.1 Å². The van der Waals surface area contributed by atoms with Gasteiger partial charge in [0, 0.05) is 28.0 Å². The number of nitrogens with zero attached hydrogens (tertiary/aromatic N) is 2. The standard InChI is InChI=1S/C21H16BrN3O3/c1-14-3-2-4-16(11-14)21(27)28-19-6-5-18(22)12-17(19)13-24-25-20(26)15-7-9-23-10-8-15/h2-13H,1H3,(H,25,26)/b24-13+. The molecule has 0 bridgehead atoms. The van der Waals surface area contributed by atoms with Crippen molar-refractivity contribution < 1.29 is 14.3 Å². The van der Waals surface area contributed by atoms with Gasteiger partial charge in [0.1, 0.15) is 5.75 Å². The lowest BCUT2D eigenvalue weighted by molar-refractivity contribution is 0.0734. The van der Waals surface area contributed by atoms with Gasteiger partial charge in [0.25, 0.3) is 5.91 Å². The smallest absolute Gasteiger partial charge is 0.343 e. The van der Waals surface area contributed by atoms with Crippen LogP contribution in [0.4, 0.5) is 0 Å². The topological polar surface area (TPSA) is 80.6 Å². The Labute approximate surface area is 170 Å². The van der Waals surface area contributed by atoms with Crippen molar-refractivity contribution in [3.63, 3.8) is 0 Å². The highest BCUT2D eigenvalue weighted by Crippen LogP contribution is 2.23. The van der Waals surface area contributed by atoms with Crippen LogP contribution in [-0.2, 0) is 0 Å². The average Bonchev–Trinajstić information content (AvgIpc) is 2.70. The number of nitrogens with one attached hydrogen (secondary N) is 1. The maximum atomic E-state index is 12.4. The minimum Gasteiger partial charge on any atom is -0.422 e. The molecule has 1 aromatic heterocycles. The molecule has 0 aliphatic carbocycles. The largest absolute Gasteiger partial charge is 0.422 e. The Bertz CT molecular complexity index is 1040. The molecule has 6 nitrogen and oxygen atoms in total. The molecule has 140 valence electrons. The zero-order valence-electron chi connectivity index (χ0n) is 14.9. The van der Waals surface area contributed by atoms with Gasteiger partial charge >= 0.3 is 5.97 Å². The summed E-state index contributed by atoms with van der Waals surface area (Å²) in [6.07, 6.45) is 4.47. The molecule has 1 amide bonds. The second-order valence-electron chi connectivity index (χ2n) is 5.88. The maximum Gasteiger partial charge on any atom is 0.343 e. The number of hydrogen-bond donors (Lipinski definition) is 1. The number of carbonyl (C=O) groups is 2. The van der Waals surface area contributed by atoms with Crippen LogP contribution in [0.1, 0.15) is 31.8 Å². The molecule has 0 atom stereocenters. The van der Waals surface area contributed by atoms with E-state index in [4.69, 9.17) is 4.74 Å². The molecule has 7 heteroatoms. The van der Waals surface area contributed by atoms with E-state index in [0.717, 1.165) is 10.0 Å². The number of carbonyl (C=O) groups excluding carboxylic acids is 2. The molecule has 0 aliphatic rings. The van der Waals surface area contributed by atoms with Crippen LogP contribution in [0.2, 0.25) is 0 Å². The zero-order chi connectivity index (χ0) is 19.9. The highest BCUT2D eigenvalue weighted by molar-refractivity contribution is 9.10. The number of ether oxygens (including phenoxy) is 1. The van der Waals surface area contributed by atoms with Crippen LogP contribution < -0.4 is 10.2 Å². The third-order valence-electron chi connectivity index (χ3n) is 3.74. The van der Waals surface area contributed by atoms with Gasteiger partial charge in [0.05, 0.1) is 11.8 Å². The normalized spacial score (nSPS) is 10.6. The minimum atomic E-state index is -0.471. The first-order valence-electron chi connectivity index (χ1n) is 8.35. The second kappa shape index (κ2) is 9.05. The summed E-state index contributed by atoms with van der Waals surface area (Å²) in [5.41, 5.74) is 4.82. The summed E-state index contributed by atoms with van der Waals surface area (Å²) in [5.74, 6) is -0.509. The Morgan fingerprint density at radius 3 is 2.61 bits per heavy atom. The first-order chi connectivity index (χ1) is 13.5. The van der Waals surface area contributed by atoms with Crippen LogP contribution in [0, 0.1) is 6.92 Å². The summed E-state index contributed by atoms with van der Waals surface area (Å²) >= 11 is 3.38. The Balaban J connectivity index is 1.75. The molecule has 0 saturated heterocycles. The number of pyridine rings is 1. The van der Waals surface area contributed by atoms with Crippen molar-refractivity contribution in [3.8, 4) is 5.75 Å². The molecule has 0 aliphatic heterocycles.